The molecule has 0 bridgehead atoms. The summed E-state index contributed by atoms with van der Waals surface area (Å²) in [5.74, 6) is -0.399. The van der Waals surface area contributed by atoms with E-state index in [4.69, 9.17) is 4.74 Å². The molecule has 45 heavy (non-hydrogen) atoms. The Morgan fingerprint density at radius 3 is 2.22 bits per heavy atom. The third-order valence-electron chi connectivity index (χ3n) is 9.98. The van der Waals surface area contributed by atoms with Gasteiger partial charge in [-0.15, -0.1) is 0 Å². The first-order valence-electron chi connectivity index (χ1n) is 14.9. The quantitative estimate of drug-likeness (QED) is 0.252. The van der Waals surface area contributed by atoms with Gasteiger partial charge < -0.3 is 14.5 Å². The number of rotatable bonds is 5. The maximum atomic E-state index is 14.1. The lowest BCUT2D eigenvalue weighted by molar-refractivity contribution is -0.150. The number of benzene rings is 2. The van der Waals surface area contributed by atoms with Crippen LogP contribution in [0.3, 0.4) is 0 Å². The average Bonchev–Trinajstić information content (AvgIpc) is 3.73. The molecule has 0 N–H and O–H groups in total. The number of urea groups is 1. The molecule has 5 rings (SSSR count). The third-order valence-corrected chi connectivity index (χ3v) is 9.98. The van der Waals surface area contributed by atoms with Crippen molar-refractivity contribution in [1.82, 2.24) is 14.7 Å². The summed E-state index contributed by atoms with van der Waals surface area (Å²) < 4.78 is 100. The zero-order valence-electron chi connectivity index (χ0n) is 25.4. The number of esters is 1. The van der Waals surface area contributed by atoms with Gasteiger partial charge in [0.2, 0.25) is 0 Å². The number of ether oxygens (including phenoxy) is 1. The van der Waals surface area contributed by atoms with Gasteiger partial charge in [-0.2, -0.15) is 26.3 Å². The van der Waals surface area contributed by atoms with Gasteiger partial charge in [-0.05, 0) is 99.0 Å². The van der Waals surface area contributed by atoms with Crippen LogP contribution in [0.5, 0.6) is 0 Å². The van der Waals surface area contributed by atoms with Crippen LogP contribution >= 0.6 is 0 Å². The molecular weight excluding hydrogens is 607 g/mol. The van der Waals surface area contributed by atoms with Crippen molar-refractivity contribution in [2.45, 2.75) is 70.0 Å². The van der Waals surface area contributed by atoms with E-state index in [1.54, 1.807) is 17.9 Å². The van der Waals surface area contributed by atoms with E-state index in [0.29, 0.717) is 42.6 Å². The SMILES string of the molecule is COC(=O)C12CC1CCN(C1CCN(C(=O)N(C)[C@H](C)c3cc(C(F)(F)F)cc(C(F)(F)F)c3)[C@@H](c3ccc(F)cc3C)C1)C2. The Labute approximate surface area is 257 Å². The minimum atomic E-state index is -5.02. The van der Waals surface area contributed by atoms with Crippen LogP contribution in [0, 0.1) is 24.1 Å². The first-order valence-corrected chi connectivity index (χ1v) is 14.9. The maximum Gasteiger partial charge on any atom is 0.416 e. The Hall–Kier alpha value is -3.35. The van der Waals surface area contributed by atoms with E-state index in [1.165, 1.54) is 33.2 Å². The molecule has 3 fully saturated rings. The molecule has 2 amide bonds. The fraction of sp³-hybridized carbons (Fsp3) is 0.562. The zero-order valence-corrected chi connectivity index (χ0v) is 25.4. The van der Waals surface area contributed by atoms with Gasteiger partial charge in [0, 0.05) is 26.2 Å². The smallest absolute Gasteiger partial charge is 0.416 e. The summed E-state index contributed by atoms with van der Waals surface area (Å²) in [6.45, 7) is 4.64. The topological polar surface area (TPSA) is 53.1 Å². The molecule has 1 saturated carbocycles. The Balaban J connectivity index is 1.43. The van der Waals surface area contributed by atoms with Crippen LogP contribution in [0.2, 0.25) is 0 Å². The number of halogens is 7. The van der Waals surface area contributed by atoms with E-state index in [-0.39, 0.29) is 36.1 Å². The van der Waals surface area contributed by atoms with Gasteiger partial charge in [-0.1, -0.05) is 6.07 Å². The second-order valence-electron chi connectivity index (χ2n) is 12.6. The largest absolute Gasteiger partial charge is 0.469 e. The summed E-state index contributed by atoms with van der Waals surface area (Å²) in [4.78, 5) is 31.6. The molecule has 2 heterocycles. The first kappa shape index (κ1) is 33.0. The van der Waals surface area contributed by atoms with Crippen molar-refractivity contribution in [3.05, 3.63) is 70.0 Å². The molecule has 5 atom stereocenters. The predicted octanol–water partition coefficient (Wildman–Crippen LogP) is 7.38. The van der Waals surface area contributed by atoms with E-state index in [9.17, 15) is 40.3 Å². The van der Waals surface area contributed by atoms with Crippen LogP contribution in [0.15, 0.2) is 36.4 Å². The van der Waals surface area contributed by atoms with Crippen molar-refractivity contribution in [3.63, 3.8) is 0 Å². The van der Waals surface area contributed by atoms with Crippen molar-refractivity contribution in [2.75, 3.05) is 33.8 Å². The van der Waals surface area contributed by atoms with E-state index in [0.717, 1.165) is 24.3 Å². The number of likely N-dealkylation sites (tertiary alicyclic amines) is 2. The molecule has 3 aliphatic rings. The molecule has 2 aliphatic heterocycles. The van der Waals surface area contributed by atoms with E-state index < -0.39 is 52.8 Å². The zero-order chi connectivity index (χ0) is 33.1. The number of nitrogens with zero attached hydrogens (tertiary/aromatic N) is 3. The van der Waals surface area contributed by atoms with Gasteiger partial charge >= 0.3 is 24.4 Å². The van der Waals surface area contributed by atoms with Gasteiger partial charge in [-0.25, -0.2) is 9.18 Å². The minimum Gasteiger partial charge on any atom is -0.469 e. The molecule has 246 valence electrons. The maximum absolute atomic E-state index is 14.1. The Bertz CT molecular complexity index is 1430. The highest BCUT2D eigenvalue weighted by Crippen LogP contribution is 2.58. The highest BCUT2D eigenvalue weighted by Gasteiger charge is 2.63. The molecule has 6 nitrogen and oxygen atoms in total. The molecule has 2 saturated heterocycles. The standard InChI is InChI=1S/C32H36F7N3O3/c1-18-11-24(33)5-6-26(18)27-15-25(41-9-7-21-16-30(21,17-41)28(43)45-4)8-10-42(27)29(44)40(3)19(2)20-12-22(31(34,35)36)14-23(13-20)32(37,38)39/h5-6,11-14,19,21,25,27H,7-10,15-17H2,1-4H3/t19-,21?,25?,27-,30?/m1/s1. The number of amides is 2. The van der Waals surface area contributed by atoms with Crippen molar-refractivity contribution >= 4 is 12.0 Å². The van der Waals surface area contributed by atoms with Gasteiger partial charge in [-0.3, -0.25) is 9.69 Å². The second-order valence-corrected chi connectivity index (χ2v) is 12.6. The number of piperidine rings is 2. The Morgan fingerprint density at radius 2 is 1.64 bits per heavy atom. The first-order chi connectivity index (χ1) is 21.0. The monoisotopic (exact) mass is 643 g/mol. The van der Waals surface area contributed by atoms with E-state index in [2.05, 4.69) is 4.90 Å². The predicted molar refractivity (Wildman–Crippen MR) is 150 cm³/mol. The summed E-state index contributed by atoms with van der Waals surface area (Å²) >= 11 is 0. The highest BCUT2D eigenvalue weighted by molar-refractivity contribution is 5.81. The van der Waals surface area contributed by atoms with Crippen LogP contribution in [0.4, 0.5) is 35.5 Å². The molecule has 0 aromatic heterocycles. The van der Waals surface area contributed by atoms with Crippen molar-refractivity contribution in [3.8, 4) is 0 Å². The van der Waals surface area contributed by atoms with Crippen LogP contribution in [0.25, 0.3) is 0 Å². The fourth-order valence-corrected chi connectivity index (χ4v) is 7.17. The summed E-state index contributed by atoms with van der Waals surface area (Å²) in [5.41, 5.74) is -2.45. The van der Waals surface area contributed by atoms with Gasteiger partial charge in [0.25, 0.3) is 0 Å². The van der Waals surface area contributed by atoms with E-state index >= 15 is 0 Å². The van der Waals surface area contributed by atoms with Crippen molar-refractivity contribution in [2.24, 2.45) is 11.3 Å². The van der Waals surface area contributed by atoms with E-state index in [1.807, 2.05) is 0 Å². The molecule has 1 aliphatic carbocycles. The number of alkyl halides is 6. The summed E-state index contributed by atoms with van der Waals surface area (Å²) in [6.07, 6.45) is -7.45. The van der Waals surface area contributed by atoms with Crippen LogP contribution in [-0.2, 0) is 21.9 Å². The van der Waals surface area contributed by atoms with Crippen LogP contribution in [0.1, 0.15) is 72.5 Å². The summed E-state index contributed by atoms with van der Waals surface area (Å²) in [7, 11) is 2.73. The molecule has 3 unspecified atom stereocenters. The average molecular weight is 644 g/mol. The highest BCUT2D eigenvalue weighted by atomic mass is 19.4. The Kier molecular flexibility index (Phi) is 8.65. The van der Waals surface area contributed by atoms with Crippen LogP contribution in [-0.4, -0.2) is 66.5 Å². The van der Waals surface area contributed by atoms with Crippen LogP contribution < -0.4 is 0 Å². The number of hydrogen-bond donors (Lipinski definition) is 0. The molecule has 2 aromatic carbocycles. The number of carbonyl (C=O) groups is 2. The fourth-order valence-electron chi connectivity index (χ4n) is 7.17. The minimum absolute atomic E-state index is 0.0212. The molecular formula is C32H36F7N3O3. The normalized spacial score (nSPS) is 26.2. The van der Waals surface area contributed by atoms with Gasteiger partial charge in [0.15, 0.2) is 0 Å². The van der Waals surface area contributed by atoms with Gasteiger partial charge in [0.05, 0.1) is 35.7 Å². The van der Waals surface area contributed by atoms with Crippen molar-refractivity contribution < 1.29 is 45.1 Å². The number of carbonyl (C=O) groups excluding carboxylic acids is 2. The Morgan fingerprint density at radius 1 is 1.00 bits per heavy atom. The number of fused-ring (bicyclic) bond motifs is 1. The van der Waals surface area contributed by atoms with Gasteiger partial charge in [0.1, 0.15) is 5.82 Å². The number of hydrogen-bond acceptors (Lipinski definition) is 4. The lowest BCUT2D eigenvalue weighted by Crippen LogP contribution is -2.54. The lowest BCUT2D eigenvalue weighted by atomic mass is 9.86. The second kappa shape index (κ2) is 11.8. The molecule has 2 aromatic rings. The molecule has 0 spiro atoms. The lowest BCUT2D eigenvalue weighted by Gasteiger charge is -2.47. The molecule has 13 heteroatoms. The number of aryl methyl sites for hydroxylation is 1. The summed E-state index contributed by atoms with van der Waals surface area (Å²) in [5, 5.41) is 0. The third kappa shape index (κ3) is 6.37. The number of methoxy groups -OCH3 is 1. The summed E-state index contributed by atoms with van der Waals surface area (Å²) in [6, 6.07) is 3.30. The molecule has 0 radical (unpaired) electrons. The van der Waals surface area contributed by atoms with Crippen molar-refractivity contribution in [1.29, 1.82) is 0 Å².